The first-order valence-electron chi connectivity index (χ1n) is 7.28. The molecule has 1 aliphatic rings. The predicted molar refractivity (Wildman–Crippen MR) is 85.9 cm³/mol. The highest BCUT2D eigenvalue weighted by Crippen LogP contribution is 2.26. The van der Waals surface area contributed by atoms with Crippen LogP contribution >= 0.6 is 0 Å². The van der Waals surface area contributed by atoms with Crippen molar-refractivity contribution in [3.8, 4) is 0 Å². The van der Waals surface area contributed by atoms with Gasteiger partial charge in [-0.1, -0.05) is 6.92 Å². The maximum atomic E-state index is 12.1. The highest BCUT2D eigenvalue weighted by molar-refractivity contribution is 7.89. The van der Waals surface area contributed by atoms with E-state index in [4.69, 9.17) is 5.73 Å². The number of nitrogens with zero attached hydrogens (tertiary/aromatic N) is 1. The van der Waals surface area contributed by atoms with Crippen LogP contribution < -0.4 is 15.8 Å². The number of benzene rings is 1. The van der Waals surface area contributed by atoms with E-state index in [2.05, 4.69) is 21.9 Å². The van der Waals surface area contributed by atoms with Gasteiger partial charge in [0.05, 0.1) is 5.69 Å². The van der Waals surface area contributed by atoms with Crippen LogP contribution in [0, 0.1) is 0 Å². The van der Waals surface area contributed by atoms with Crippen LogP contribution in [0.3, 0.4) is 0 Å². The molecule has 0 bridgehead atoms. The van der Waals surface area contributed by atoms with E-state index in [1.807, 2.05) is 0 Å². The molecule has 1 aromatic carbocycles. The molecule has 0 spiro atoms. The minimum Gasteiger partial charge on any atom is -0.399 e. The van der Waals surface area contributed by atoms with Gasteiger partial charge in [-0.2, -0.15) is 0 Å². The Bertz CT molecular complexity index is 589. The van der Waals surface area contributed by atoms with E-state index in [0.717, 1.165) is 32.5 Å². The standard InChI is InChI=1S/C14H24N4O2S/c1-3-18-8-4-5-12(10-18)17-13-7-6-11(15)9-14(13)21(19,20)16-2/h6-7,9,12,16-17H,3-5,8,10,15H2,1-2H3. The molecule has 1 unspecified atom stereocenters. The monoisotopic (exact) mass is 312 g/mol. The lowest BCUT2D eigenvalue weighted by atomic mass is 10.1. The first kappa shape index (κ1) is 16.1. The minimum atomic E-state index is -3.53. The number of sulfonamides is 1. The molecule has 1 fully saturated rings. The molecule has 0 aliphatic carbocycles. The van der Waals surface area contributed by atoms with Gasteiger partial charge in [0.15, 0.2) is 0 Å². The maximum absolute atomic E-state index is 12.1. The van der Waals surface area contributed by atoms with Crippen LogP contribution in [-0.2, 0) is 10.0 Å². The van der Waals surface area contributed by atoms with Crippen LogP contribution in [0.25, 0.3) is 0 Å². The summed E-state index contributed by atoms with van der Waals surface area (Å²) in [7, 11) is -2.12. The average molecular weight is 312 g/mol. The number of rotatable bonds is 5. The second-order valence-corrected chi connectivity index (χ2v) is 7.19. The van der Waals surface area contributed by atoms with Gasteiger partial charge in [-0.25, -0.2) is 13.1 Å². The van der Waals surface area contributed by atoms with E-state index >= 15 is 0 Å². The van der Waals surface area contributed by atoms with Crippen LogP contribution in [0.15, 0.2) is 23.1 Å². The van der Waals surface area contributed by atoms with Crippen molar-refractivity contribution in [2.45, 2.75) is 30.7 Å². The number of hydrogen-bond acceptors (Lipinski definition) is 5. The van der Waals surface area contributed by atoms with Gasteiger partial charge >= 0.3 is 0 Å². The molecule has 0 radical (unpaired) electrons. The number of anilines is 2. The van der Waals surface area contributed by atoms with E-state index in [9.17, 15) is 8.42 Å². The number of piperidine rings is 1. The molecule has 6 nitrogen and oxygen atoms in total. The first-order chi connectivity index (χ1) is 9.96. The maximum Gasteiger partial charge on any atom is 0.242 e. The molecular weight excluding hydrogens is 288 g/mol. The van der Waals surface area contributed by atoms with Gasteiger partial charge in [0.1, 0.15) is 4.90 Å². The normalized spacial score (nSPS) is 20.4. The Kier molecular flexibility index (Phi) is 5.08. The van der Waals surface area contributed by atoms with Crippen molar-refractivity contribution < 1.29 is 8.42 Å². The summed E-state index contributed by atoms with van der Waals surface area (Å²) in [6, 6.07) is 5.21. The molecule has 118 valence electrons. The van der Waals surface area contributed by atoms with Gasteiger partial charge < -0.3 is 16.0 Å². The summed E-state index contributed by atoms with van der Waals surface area (Å²) in [6.45, 7) is 5.20. The average Bonchev–Trinajstić information content (AvgIpc) is 2.49. The van der Waals surface area contributed by atoms with Gasteiger partial charge in [0.2, 0.25) is 10.0 Å². The van der Waals surface area contributed by atoms with Crippen molar-refractivity contribution in [3.63, 3.8) is 0 Å². The number of hydrogen-bond donors (Lipinski definition) is 3. The summed E-state index contributed by atoms with van der Waals surface area (Å²) in [6.07, 6.45) is 2.16. The molecule has 7 heteroatoms. The fourth-order valence-corrected chi connectivity index (χ4v) is 3.60. The molecule has 0 amide bonds. The van der Waals surface area contributed by atoms with Crippen molar-refractivity contribution in [1.82, 2.24) is 9.62 Å². The Morgan fingerprint density at radius 1 is 1.43 bits per heavy atom. The van der Waals surface area contributed by atoms with E-state index in [1.165, 1.54) is 13.1 Å². The molecule has 1 saturated heterocycles. The van der Waals surface area contributed by atoms with Crippen molar-refractivity contribution >= 4 is 21.4 Å². The number of nitrogens with one attached hydrogen (secondary N) is 2. The quantitative estimate of drug-likeness (QED) is 0.708. The second-order valence-electron chi connectivity index (χ2n) is 5.34. The molecule has 1 aliphatic heterocycles. The summed E-state index contributed by atoms with van der Waals surface area (Å²) in [5.41, 5.74) is 6.78. The Hall–Kier alpha value is -1.31. The zero-order valence-electron chi connectivity index (χ0n) is 12.6. The van der Waals surface area contributed by atoms with E-state index in [0.29, 0.717) is 11.4 Å². The highest BCUT2D eigenvalue weighted by atomic mass is 32.2. The van der Waals surface area contributed by atoms with E-state index in [1.54, 1.807) is 12.1 Å². The van der Waals surface area contributed by atoms with Gasteiger partial charge in [-0.3, -0.25) is 0 Å². The summed E-state index contributed by atoms with van der Waals surface area (Å²) in [5, 5.41) is 3.37. The fraction of sp³-hybridized carbons (Fsp3) is 0.571. The van der Waals surface area contributed by atoms with Gasteiger partial charge in [0.25, 0.3) is 0 Å². The van der Waals surface area contributed by atoms with Crippen LogP contribution in [0.2, 0.25) is 0 Å². The van der Waals surface area contributed by atoms with Crippen molar-refractivity contribution in [3.05, 3.63) is 18.2 Å². The van der Waals surface area contributed by atoms with E-state index in [-0.39, 0.29) is 10.9 Å². The lowest BCUT2D eigenvalue weighted by Crippen LogP contribution is -2.42. The Labute approximate surface area is 126 Å². The highest BCUT2D eigenvalue weighted by Gasteiger charge is 2.22. The van der Waals surface area contributed by atoms with Crippen LogP contribution in [0.5, 0.6) is 0 Å². The molecule has 2 rings (SSSR count). The van der Waals surface area contributed by atoms with Gasteiger partial charge in [-0.05, 0) is 51.2 Å². The second kappa shape index (κ2) is 6.64. The number of likely N-dealkylation sites (N-methyl/N-ethyl adjacent to an activating group) is 1. The van der Waals surface area contributed by atoms with Gasteiger partial charge in [-0.15, -0.1) is 0 Å². The predicted octanol–water partition coefficient (Wildman–Crippen LogP) is 1.07. The Morgan fingerprint density at radius 2 is 2.19 bits per heavy atom. The van der Waals surface area contributed by atoms with Crippen LogP contribution in [-0.4, -0.2) is 46.0 Å². The topological polar surface area (TPSA) is 87.5 Å². The lowest BCUT2D eigenvalue weighted by molar-refractivity contribution is 0.226. The molecule has 4 N–H and O–H groups in total. The molecule has 1 heterocycles. The summed E-state index contributed by atoms with van der Waals surface area (Å²) in [5.74, 6) is 0. The van der Waals surface area contributed by atoms with Crippen LogP contribution in [0.1, 0.15) is 19.8 Å². The molecule has 1 aromatic rings. The molecular formula is C14H24N4O2S. The molecule has 1 atom stereocenters. The zero-order valence-corrected chi connectivity index (χ0v) is 13.4. The molecule has 0 saturated carbocycles. The summed E-state index contributed by atoms with van der Waals surface area (Å²) in [4.78, 5) is 2.57. The number of nitrogen functional groups attached to an aromatic ring is 1. The SMILES string of the molecule is CCN1CCCC(Nc2ccc(N)cc2S(=O)(=O)NC)C1. The molecule has 0 aromatic heterocycles. The molecule has 21 heavy (non-hydrogen) atoms. The van der Waals surface area contributed by atoms with Crippen molar-refractivity contribution in [1.29, 1.82) is 0 Å². The van der Waals surface area contributed by atoms with Crippen LogP contribution in [0.4, 0.5) is 11.4 Å². The largest absolute Gasteiger partial charge is 0.399 e. The first-order valence-corrected chi connectivity index (χ1v) is 8.76. The Morgan fingerprint density at radius 3 is 2.86 bits per heavy atom. The lowest BCUT2D eigenvalue weighted by Gasteiger charge is -2.33. The third-order valence-corrected chi connectivity index (χ3v) is 5.33. The fourth-order valence-electron chi connectivity index (χ4n) is 2.67. The Balaban J connectivity index is 2.24. The number of likely N-dealkylation sites (tertiary alicyclic amines) is 1. The third-order valence-electron chi connectivity index (χ3n) is 3.88. The summed E-state index contributed by atoms with van der Waals surface area (Å²) < 4.78 is 26.6. The smallest absolute Gasteiger partial charge is 0.242 e. The summed E-state index contributed by atoms with van der Waals surface area (Å²) >= 11 is 0. The number of nitrogens with two attached hydrogens (primary N) is 1. The zero-order chi connectivity index (χ0) is 15.5. The minimum absolute atomic E-state index is 0.207. The van der Waals surface area contributed by atoms with Gasteiger partial charge in [0, 0.05) is 18.3 Å². The third kappa shape index (κ3) is 3.87. The van der Waals surface area contributed by atoms with E-state index < -0.39 is 10.0 Å². The van der Waals surface area contributed by atoms with Crippen molar-refractivity contribution in [2.75, 3.05) is 37.7 Å². The van der Waals surface area contributed by atoms with Crippen molar-refractivity contribution in [2.24, 2.45) is 0 Å².